The highest BCUT2D eigenvalue weighted by atomic mass is 16.5. The number of carbonyl (C=O) groups excluding carboxylic acids is 1. The molecule has 1 aliphatic rings. The van der Waals surface area contributed by atoms with E-state index in [1.807, 2.05) is 6.07 Å². The first kappa shape index (κ1) is 11.9. The average Bonchev–Trinajstić information content (AvgIpc) is 2.32. The summed E-state index contributed by atoms with van der Waals surface area (Å²) in [4.78, 5) is 11.2. The fraction of sp³-hybridized carbons (Fsp3) is 0.462. The summed E-state index contributed by atoms with van der Waals surface area (Å²) in [6, 6.07) is 6.94. The molecule has 1 aromatic rings. The lowest BCUT2D eigenvalue weighted by Gasteiger charge is -2.26. The van der Waals surface area contributed by atoms with Crippen LogP contribution in [-0.2, 0) is 9.53 Å². The summed E-state index contributed by atoms with van der Waals surface area (Å²) in [5, 5.41) is 9.69. The van der Waals surface area contributed by atoms with Crippen LogP contribution in [0.25, 0.3) is 0 Å². The molecule has 4 nitrogen and oxygen atoms in total. The van der Waals surface area contributed by atoms with Crippen LogP contribution < -0.4 is 4.74 Å². The van der Waals surface area contributed by atoms with Crippen LogP contribution in [0, 0.1) is 0 Å². The fourth-order valence-electron chi connectivity index (χ4n) is 1.69. The molecule has 0 amide bonds. The minimum atomic E-state index is -1.25. The van der Waals surface area contributed by atoms with Gasteiger partial charge in [-0.2, -0.15) is 0 Å². The zero-order valence-electron chi connectivity index (χ0n) is 9.76. The molecule has 0 heterocycles. The van der Waals surface area contributed by atoms with Gasteiger partial charge in [0.2, 0.25) is 0 Å². The molecule has 1 aromatic carbocycles. The van der Waals surface area contributed by atoms with Gasteiger partial charge in [0, 0.05) is 0 Å². The zero-order chi connectivity index (χ0) is 12.3. The number of aliphatic hydroxyl groups excluding tert-OH is 1. The molecule has 1 aliphatic carbocycles. The molecule has 0 aromatic heterocycles. The molecule has 1 atom stereocenters. The van der Waals surface area contributed by atoms with Crippen LogP contribution in [0.4, 0.5) is 0 Å². The third-order valence-corrected chi connectivity index (χ3v) is 2.95. The monoisotopic (exact) mass is 236 g/mol. The van der Waals surface area contributed by atoms with E-state index in [2.05, 4.69) is 4.74 Å². The van der Waals surface area contributed by atoms with Crippen molar-refractivity contribution in [2.75, 3.05) is 7.11 Å². The molecule has 1 N–H and O–H groups in total. The number of aliphatic hydroxyl groups is 1. The first-order chi connectivity index (χ1) is 8.20. The van der Waals surface area contributed by atoms with Crippen molar-refractivity contribution in [2.45, 2.75) is 31.5 Å². The number of benzene rings is 1. The normalized spacial score (nSPS) is 17.1. The summed E-state index contributed by atoms with van der Waals surface area (Å²) in [6.07, 6.45) is 2.38. The molecular formula is C13H16O4. The van der Waals surface area contributed by atoms with E-state index in [-0.39, 0.29) is 6.10 Å². The van der Waals surface area contributed by atoms with Crippen molar-refractivity contribution in [2.24, 2.45) is 0 Å². The summed E-state index contributed by atoms with van der Waals surface area (Å²) < 4.78 is 10.2. The van der Waals surface area contributed by atoms with Gasteiger partial charge in [0.25, 0.3) is 0 Å². The molecule has 2 rings (SSSR count). The molecule has 0 saturated heterocycles. The quantitative estimate of drug-likeness (QED) is 0.810. The predicted molar refractivity (Wildman–Crippen MR) is 61.7 cm³/mol. The molecular weight excluding hydrogens is 220 g/mol. The Morgan fingerprint density at radius 1 is 1.47 bits per heavy atom. The number of methoxy groups -OCH3 is 1. The number of esters is 1. The average molecular weight is 236 g/mol. The van der Waals surface area contributed by atoms with E-state index in [9.17, 15) is 9.90 Å². The van der Waals surface area contributed by atoms with Crippen molar-refractivity contribution in [3.05, 3.63) is 29.8 Å². The molecule has 4 heteroatoms. The predicted octanol–water partition coefficient (Wildman–Crippen LogP) is 1.82. The van der Waals surface area contributed by atoms with E-state index < -0.39 is 12.1 Å². The van der Waals surface area contributed by atoms with Gasteiger partial charge in [-0.15, -0.1) is 0 Å². The maximum Gasteiger partial charge on any atom is 0.339 e. The summed E-state index contributed by atoms with van der Waals surface area (Å²) in [5.41, 5.74) is 0.494. The Morgan fingerprint density at radius 2 is 2.24 bits per heavy atom. The molecule has 0 bridgehead atoms. The van der Waals surface area contributed by atoms with Gasteiger partial charge in [-0.25, -0.2) is 4.79 Å². The summed E-state index contributed by atoms with van der Waals surface area (Å²) >= 11 is 0. The fourth-order valence-corrected chi connectivity index (χ4v) is 1.69. The number of hydrogen-bond acceptors (Lipinski definition) is 4. The van der Waals surface area contributed by atoms with Crippen LogP contribution in [-0.4, -0.2) is 24.3 Å². The van der Waals surface area contributed by atoms with Gasteiger partial charge in [-0.3, -0.25) is 0 Å². The van der Waals surface area contributed by atoms with Crippen LogP contribution in [0.5, 0.6) is 5.75 Å². The lowest BCUT2D eigenvalue weighted by atomic mass is 9.96. The molecule has 17 heavy (non-hydrogen) atoms. The van der Waals surface area contributed by atoms with Gasteiger partial charge in [0.15, 0.2) is 6.10 Å². The van der Waals surface area contributed by atoms with Crippen LogP contribution in [0.1, 0.15) is 30.9 Å². The topological polar surface area (TPSA) is 55.8 Å². The Kier molecular flexibility index (Phi) is 3.64. The molecule has 0 spiro atoms. The Hall–Kier alpha value is -1.55. The van der Waals surface area contributed by atoms with Crippen LogP contribution >= 0.6 is 0 Å². The number of rotatable bonds is 4. The molecule has 1 fully saturated rings. The van der Waals surface area contributed by atoms with Crippen LogP contribution in [0.3, 0.4) is 0 Å². The standard InChI is InChI=1S/C13H16O4/c1-16-13(15)12(14)9-4-2-7-11(8-9)17-10-5-3-6-10/h2,4,7-8,10,12,14H,3,5-6H2,1H3. The maximum atomic E-state index is 11.2. The summed E-state index contributed by atoms with van der Waals surface area (Å²) in [6.45, 7) is 0. The van der Waals surface area contributed by atoms with Crippen molar-refractivity contribution in [1.29, 1.82) is 0 Å². The van der Waals surface area contributed by atoms with Crippen molar-refractivity contribution < 1.29 is 19.4 Å². The van der Waals surface area contributed by atoms with Gasteiger partial charge >= 0.3 is 5.97 Å². The van der Waals surface area contributed by atoms with E-state index in [1.54, 1.807) is 18.2 Å². The van der Waals surface area contributed by atoms with E-state index in [1.165, 1.54) is 13.5 Å². The third-order valence-electron chi connectivity index (χ3n) is 2.95. The van der Waals surface area contributed by atoms with Gasteiger partial charge in [-0.1, -0.05) is 12.1 Å². The number of carbonyl (C=O) groups is 1. The number of hydrogen-bond donors (Lipinski definition) is 1. The summed E-state index contributed by atoms with van der Waals surface area (Å²) in [7, 11) is 1.25. The van der Waals surface area contributed by atoms with Gasteiger partial charge < -0.3 is 14.6 Å². The first-order valence-electron chi connectivity index (χ1n) is 5.73. The molecule has 92 valence electrons. The van der Waals surface area contributed by atoms with E-state index in [0.717, 1.165) is 12.8 Å². The van der Waals surface area contributed by atoms with E-state index in [0.29, 0.717) is 11.3 Å². The highest BCUT2D eigenvalue weighted by Crippen LogP contribution is 2.27. The van der Waals surface area contributed by atoms with Crippen LogP contribution in [0.2, 0.25) is 0 Å². The third kappa shape index (κ3) is 2.77. The Bertz CT molecular complexity index is 398. The molecule has 0 aliphatic heterocycles. The molecule has 1 saturated carbocycles. The lowest BCUT2D eigenvalue weighted by molar-refractivity contribution is -0.150. The van der Waals surface area contributed by atoms with Gasteiger partial charge in [-0.05, 0) is 37.0 Å². The van der Waals surface area contributed by atoms with Crippen molar-refractivity contribution in [1.82, 2.24) is 0 Å². The Balaban J connectivity index is 2.07. The van der Waals surface area contributed by atoms with Crippen LogP contribution in [0.15, 0.2) is 24.3 Å². The van der Waals surface area contributed by atoms with E-state index in [4.69, 9.17) is 4.74 Å². The second kappa shape index (κ2) is 5.19. The minimum absolute atomic E-state index is 0.278. The Labute approximate surface area is 100 Å². The second-order valence-corrected chi connectivity index (χ2v) is 4.17. The Morgan fingerprint density at radius 3 is 2.82 bits per heavy atom. The van der Waals surface area contributed by atoms with Crippen molar-refractivity contribution in [3.8, 4) is 5.75 Å². The smallest absolute Gasteiger partial charge is 0.339 e. The van der Waals surface area contributed by atoms with Gasteiger partial charge in [0.05, 0.1) is 13.2 Å². The van der Waals surface area contributed by atoms with Crippen molar-refractivity contribution in [3.63, 3.8) is 0 Å². The van der Waals surface area contributed by atoms with E-state index >= 15 is 0 Å². The molecule has 0 radical (unpaired) electrons. The highest BCUT2D eigenvalue weighted by Gasteiger charge is 2.21. The highest BCUT2D eigenvalue weighted by molar-refractivity contribution is 5.76. The second-order valence-electron chi connectivity index (χ2n) is 4.17. The minimum Gasteiger partial charge on any atom is -0.490 e. The largest absolute Gasteiger partial charge is 0.490 e. The number of ether oxygens (including phenoxy) is 2. The van der Waals surface area contributed by atoms with Gasteiger partial charge in [0.1, 0.15) is 5.75 Å². The summed E-state index contributed by atoms with van der Waals surface area (Å²) in [5.74, 6) is 0.0287. The molecule has 1 unspecified atom stereocenters. The SMILES string of the molecule is COC(=O)C(O)c1cccc(OC2CCC2)c1. The zero-order valence-corrected chi connectivity index (χ0v) is 9.76. The van der Waals surface area contributed by atoms with Crippen molar-refractivity contribution >= 4 is 5.97 Å². The first-order valence-corrected chi connectivity index (χ1v) is 5.73. The maximum absolute atomic E-state index is 11.2. The lowest BCUT2D eigenvalue weighted by Crippen LogP contribution is -2.24.